The largest absolute Gasteiger partial charge is 0.387 e. The standard InChI is InChI=1S/C6H11BrO3/c1-5(2,9)6(3,10)4(7)8/h9-10H,1-3H3. The van der Waals surface area contributed by atoms with Crippen LogP contribution in [0.4, 0.5) is 0 Å². The van der Waals surface area contributed by atoms with E-state index in [-0.39, 0.29) is 0 Å². The lowest BCUT2D eigenvalue weighted by molar-refractivity contribution is -0.151. The second-order valence-electron chi connectivity index (χ2n) is 2.90. The van der Waals surface area contributed by atoms with Gasteiger partial charge in [-0.1, -0.05) is 0 Å². The lowest BCUT2D eigenvalue weighted by Crippen LogP contribution is -2.51. The van der Waals surface area contributed by atoms with Crippen molar-refractivity contribution in [3.63, 3.8) is 0 Å². The van der Waals surface area contributed by atoms with Gasteiger partial charge in [-0.3, -0.25) is 4.79 Å². The van der Waals surface area contributed by atoms with Crippen molar-refractivity contribution in [2.24, 2.45) is 0 Å². The maximum absolute atomic E-state index is 10.6. The lowest BCUT2D eigenvalue weighted by atomic mass is 9.89. The maximum atomic E-state index is 10.6. The summed E-state index contributed by atoms with van der Waals surface area (Å²) in [6.07, 6.45) is 0. The first-order valence-corrected chi connectivity index (χ1v) is 3.63. The molecule has 1 unspecified atom stereocenters. The van der Waals surface area contributed by atoms with Crippen LogP contribution in [0.5, 0.6) is 0 Å². The predicted octanol–water partition coefficient (Wildman–Crippen LogP) is 0.430. The summed E-state index contributed by atoms with van der Waals surface area (Å²) < 4.78 is -0.618. The Kier molecular flexibility index (Phi) is 2.62. The number of halogens is 1. The Morgan fingerprint density at radius 1 is 1.30 bits per heavy atom. The van der Waals surface area contributed by atoms with Crippen LogP contribution in [0.2, 0.25) is 0 Å². The van der Waals surface area contributed by atoms with Gasteiger partial charge in [0.2, 0.25) is 4.69 Å². The van der Waals surface area contributed by atoms with Gasteiger partial charge in [0.25, 0.3) is 0 Å². The van der Waals surface area contributed by atoms with E-state index in [2.05, 4.69) is 15.9 Å². The van der Waals surface area contributed by atoms with E-state index in [0.29, 0.717) is 0 Å². The van der Waals surface area contributed by atoms with E-state index in [9.17, 15) is 15.0 Å². The quantitative estimate of drug-likeness (QED) is 0.651. The van der Waals surface area contributed by atoms with Crippen LogP contribution in [-0.4, -0.2) is 26.1 Å². The Labute approximate surface area is 68.2 Å². The average molecular weight is 211 g/mol. The van der Waals surface area contributed by atoms with Crippen molar-refractivity contribution in [3.05, 3.63) is 0 Å². The summed E-state index contributed by atoms with van der Waals surface area (Å²) in [6.45, 7) is 3.99. The minimum Gasteiger partial charge on any atom is -0.387 e. The number of carbonyl (C=O) groups excluding carboxylic acids is 1. The summed E-state index contributed by atoms with van der Waals surface area (Å²) in [6, 6.07) is 0. The van der Waals surface area contributed by atoms with Gasteiger partial charge in [0.1, 0.15) is 0 Å². The van der Waals surface area contributed by atoms with E-state index in [0.717, 1.165) is 0 Å². The number of rotatable bonds is 2. The van der Waals surface area contributed by atoms with Crippen molar-refractivity contribution in [1.82, 2.24) is 0 Å². The highest BCUT2D eigenvalue weighted by Crippen LogP contribution is 2.24. The van der Waals surface area contributed by atoms with Crippen LogP contribution in [-0.2, 0) is 4.79 Å². The molecule has 60 valence electrons. The normalized spacial score (nSPS) is 18.2. The van der Waals surface area contributed by atoms with E-state index in [1.807, 2.05) is 0 Å². The molecule has 10 heavy (non-hydrogen) atoms. The Balaban J connectivity index is 4.57. The summed E-state index contributed by atoms with van der Waals surface area (Å²) in [4.78, 5) is 10.6. The SMILES string of the molecule is CC(C)(O)C(C)(O)C(=O)Br. The molecule has 0 aliphatic rings. The zero-order chi connectivity index (χ0) is 8.58. The molecule has 0 aliphatic heterocycles. The molecule has 0 aromatic rings. The van der Waals surface area contributed by atoms with Gasteiger partial charge in [-0.2, -0.15) is 0 Å². The molecular weight excluding hydrogens is 200 g/mol. The summed E-state index contributed by atoms with van der Waals surface area (Å²) in [5.74, 6) is 0. The fourth-order valence-corrected chi connectivity index (χ4v) is 0.726. The Morgan fingerprint density at radius 2 is 1.60 bits per heavy atom. The second kappa shape index (κ2) is 2.60. The minimum absolute atomic E-state index is 0.618. The Hall–Kier alpha value is 0.0700. The van der Waals surface area contributed by atoms with Crippen LogP contribution in [0.3, 0.4) is 0 Å². The fraction of sp³-hybridized carbons (Fsp3) is 0.833. The van der Waals surface area contributed by atoms with Crippen molar-refractivity contribution in [2.45, 2.75) is 32.0 Å². The molecule has 2 N–H and O–H groups in total. The number of carbonyl (C=O) groups is 1. The van der Waals surface area contributed by atoms with Crippen LogP contribution < -0.4 is 0 Å². The third-order valence-corrected chi connectivity index (χ3v) is 2.35. The number of hydrogen-bond donors (Lipinski definition) is 2. The van der Waals surface area contributed by atoms with E-state index >= 15 is 0 Å². The third-order valence-electron chi connectivity index (χ3n) is 1.57. The Bertz CT molecular complexity index is 146. The molecule has 0 amide bonds. The zero-order valence-corrected chi connectivity index (χ0v) is 7.77. The van der Waals surface area contributed by atoms with Gasteiger partial charge in [0, 0.05) is 0 Å². The smallest absolute Gasteiger partial charge is 0.231 e. The predicted molar refractivity (Wildman–Crippen MR) is 40.9 cm³/mol. The fourth-order valence-electron chi connectivity index (χ4n) is 0.241. The van der Waals surface area contributed by atoms with E-state index in [1.54, 1.807) is 0 Å². The van der Waals surface area contributed by atoms with Crippen LogP contribution in [0.25, 0.3) is 0 Å². The van der Waals surface area contributed by atoms with E-state index in [1.165, 1.54) is 20.8 Å². The van der Waals surface area contributed by atoms with Gasteiger partial charge in [-0.05, 0) is 36.7 Å². The summed E-state index contributed by atoms with van der Waals surface area (Å²) in [5.41, 5.74) is -3.15. The molecule has 0 aromatic heterocycles. The van der Waals surface area contributed by atoms with Crippen LogP contribution >= 0.6 is 15.9 Å². The molecule has 3 nitrogen and oxygen atoms in total. The third kappa shape index (κ3) is 1.78. The average Bonchev–Trinajstić information content (AvgIpc) is 1.62. The molecular formula is C6H11BrO3. The van der Waals surface area contributed by atoms with Crippen LogP contribution in [0.1, 0.15) is 20.8 Å². The van der Waals surface area contributed by atoms with Crippen LogP contribution in [0, 0.1) is 0 Å². The molecule has 4 heteroatoms. The maximum Gasteiger partial charge on any atom is 0.231 e. The molecule has 0 saturated heterocycles. The highest BCUT2D eigenvalue weighted by Gasteiger charge is 2.42. The topological polar surface area (TPSA) is 57.5 Å². The summed E-state index contributed by atoms with van der Waals surface area (Å²) in [7, 11) is 0. The number of hydrogen-bond acceptors (Lipinski definition) is 3. The highest BCUT2D eigenvalue weighted by atomic mass is 79.9. The zero-order valence-electron chi connectivity index (χ0n) is 6.18. The molecule has 0 spiro atoms. The van der Waals surface area contributed by atoms with Crippen LogP contribution in [0.15, 0.2) is 0 Å². The summed E-state index contributed by atoms with van der Waals surface area (Å²) >= 11 is 2.58. The van der Waals surface area contributed by atoms with Crippen molar-refractivity contribution >= 4 is 20.6 Å². The monoisotopic (exact) mass is 210 g/mol. The first-order valence-electron chi connectivity index (χ1n) is 2.84. The van der Waals surface area contributed by atoms with Gasteiger partial charge < -0.3 is 10.2 Å². The minimum atomic E-state index is -1.73. The second-order valence-corrected chi connectivity index (χ2v) is 3.63. The van der Waals surface area contributed by atoms with Crippen molar-refractivity contribution in [1.29, 1.82) is 0 Å². The number of aliphatic hydroxyl groups is 2. The summed E-state index contributed by atoms with van der Waals surface area (Å²) in [5, 5.41) is 18.5. The van der Waals surface area contributed by atoms with Crippen molar-refractivity contribution in [2.75, 3.05) is 0 Å². The van der Waals surface area contributed by atoms with Gasteiger partial charge in [-0.15, -0.1) is 0 Å². The van der Waals surface area contributed by atoms with E-state index in [4.69, 9.17) is 0 Å². The molecule has 0 radical (unpaired) electrons. The van der Waals surface area contributed by atoms with Crippen molar-refractivity contribution < 1.29 is 15.0 Å². The molecule has 0 bridgehead atoms. The van der Waals surface area contributed by atoms with Gasteiger partial charge in [0.15, 0.2) is 5.60 Å². The van der Waals surface area contributed by atoms with Crippen molar-refractivity contribution in [3.8, 4) is 0 Å². The highest BCUT2D eigenvalue weighted by molar-refractivity contribution is 9.18. The lowest BCUT2D eigenvalue weighted by Gasteiger charge is -2.31. The molecule has 0 heterocycles. The van der Waals surface area contributed by atoms with Gasteiger partial charge in [0.05, 0.1) is 5.60 Å². The molecule has 1 atom stereocenters. The van der Waals surface area contributed by atoms with Gasteiger partial charge >= 0.3 is 0 Å². The first kappa shape index (κ1) is 10.1. The molecule has 0 aromatic carbocycles. The van der Waals surface area contributed by atoms with Gasteiger partial charge in [-0.25, -0.2) is 0 Å². The first-order chi connectivity index (χ1) is 4.19. The molecule has 0 rings (SSSR count). The van der Waals surface area contributed by atoms with E-state index < -0.39 is 15.9 Å². The Morgan fingerprint density at radius 3 is 1.60 bits per heavy atom. The molecule has 0 aliphatic carbocycles. The molecule has 0 saturated carbocycles. The molecule has 0 fully saturated rings.